The van der Waals surface area contributed by atoms with Crippen LogP contribution in [-0.2, 0) is 0 Å². The summed E-state index contributed by atoms with van der Waals surface area (Å²) >= 11 is 3.38. The number of hydrogen-bond acceptors (Lipinski definition) is 6. The third-order valence-electron chi connectivity index (χ3n) is 2.65. The summed E-state index contributed by atoms with van der Waals surface area (Å²) in [4.78, 5) is 12.6. The topological polar surface area (TPSA) is 90.7 Å². The molecule has 1 aromatic carbocycles. The molecule has 3 rings (SSSR count). The summed E-state index contributed by atoms with van der Waals surface area (Å²) in [6.07, 6.45) is 3.40. The van der Waals surface area contributed by atoms with Crippen LogP contribution in [0.1, 0.15) is 5.56 Å². The summed E-state index contributed by atoms with van der Waals surface area (Å²) in [6.45, 7) is 1.91. The predicted molar refractivity (Wildman–Crippen MR) is 77.6 cm³/mol. The molecule has 6 nitrogen and oxygen atoms in total. The van der Waals surface area contributed by atoms with Crippen LogP contribution in [0.4, 0.5) is 5.69 Å². The van der Waals surface area contributed by atoms with Gasteiger partial charge in [0.05, 0.1) is 5.56 Å². The van der Waals surface area contributed by atoms with Gasteiger partial charge in [-0.15, -0.1) is 0 Å². The number of halogens is 1. The Labute approximate surface area is 123 Å². The first-order valence-corrected chi connectivity index (χ1v) is 6.61. The van der Waals surface area contributed by atoms with Crippen LogP contribution in [-0.4, -0.2) is 20.1 Å². The van der Waals surface area contributed by atoms with Gasteiger partial charge in [-0.1, -0.05) is 21.1 Å². The summed E-state index contributed by atoms with van der Waals surface area (Å²) in [6, 6.07) is 5.44. The fourth-order valence-electron chi connectivity index (χ4n) is 1.65. The van der Waals surface area contributed by atoms with Crippen molar-refractivity contribution in [3.8, 4) is 23.1 Å². The molecule has 0 atom stereocenters. The number of aryl methyl sites for hydroxylation is 1. The van der Waals surface area contributed by atoms with Gasteiger partial charge in [-0.3, -0.25) is 0 Å². The van der Waals surface area contributed by atoms with Crippen molar-refractivity contribution in [3.63, 3.8) is 0 Å². The van der Waals surface area contributed by atoms with E-state index in [1.165, 1.54) is 0 Å². The first-order valence-electron chi connectivity index (χ1n) is 5.81. The molecule has 0 saturated heterocycles. The fraction of sp³-hybridized carbons (Fsp3) is 0.0769. The number of hydrogen-bond donors (Lipinski definition) is 1. The van der Waals surface area contributed by atoms with E-state index in [4.69, 9.17) is 10.3 Å². The highest BCUT2D eigenvalue weighted by Gasteiger charge is 2.14. The first-order chi connectivity index (χ1) is 9.63. The fourth-order valence-corrected chi connectivity index (χ4v) is 2.01. The number of nitrogen functional groups attached to an aromatic ring is 1. The van der Waals surface area contributed by atoms with Crippen LogP contribution in [0.3, 0.4) is 0 Å². The zero-order valence-corrected chi connectivity index (χ0v) is 12.1. The van der Waals surface area contributed by atoms with E-state index in [1.807, 2.05) is 19.1 Å². The van der Waals surface area contributed by atoms with Crippen molar-refractivity contribution >= 4 is 21.6 Å². The van der Waals surface area contributed by atoms with Crippen molar-refractivity contribution in [1.82, 2.24) is 20.1 Å². The number of anilines is 1. The van der Waals surface area contributed by atoms with E-state index in [-0.39, 0.29) is 0 Å². The number of nitrogens with zero attached hydrogens (tertiary/aromatic N) is 4. The molecular formula is C13H10BrN5O. The Morgan fingerprint density at radius 3 is 2.65 bits per heavy atom. The SMILES string of the molecule is Cc1cnc(-c2noc(-c3cc(Br)ccc3N)n2)nc1. The summed E-state index contributed by atoms with van der Waals surface area (Å²) in [5.41, 5.74) is 8.11. The van der Waals surface area contributed by atoms with E-state index in [0.29, 0.717) is 28.8 Å². The van der Waals surface area contributed by atoms with Crippen molar-refractivity contribution in [1.29, 1.82) is 0 Å². The lowest BCUT2D eigenvalue weighted by molar-refractivity contribution is 0.432. The molecule has 0 aliphatic carbocycles. The van der Waals surface area contributed by atoms with Gasteiger partial charge in [0, 0.05) is 22.6 Å². The average molecular weight is 332 g/mol. The summed E-state index contributed by atoms with van der Waals surface area (Å²) in [5, 5.41) is 3.88. The smallest absolute Gasteiger partial charge is 0.260 e. The highest BCUT2D eigenvalue weighted by molar-refractivity contribution is 9.10. The van der Waals surface area contributed by atoms with E-state index in [2.05, 4.69) is 36.0 Å². The highest BCUT2D eigenvalue weighted by Crippen LogP contribution is 2.28. The Kier molecular flexibility index (Phi) is 3.19. The minimum absolute atomic E-state index is 0.333. The third-order valence-corrected chi connectivity index (χ3v) is 3.15. The number of rotatable bonds is 2. The van der Waals surface area contributed by atoms with Crippen LogP contribution in [0.15, 0.2) is 39.6 Å². The second kappa shape index (κ2) is 5.01. The highest BCUT2D eigenvalue weighted by atomic mass is 79.9. The molecule has 2 heterocycles. The van der Waals surface area contributed by atoms with Crippen LogP contribution < -0.4 is 5.73 Å². The van der Waals surface area contributed by atoms with Crippen molar-refractivity contribution < 1.29 is 4.52 Å². The van der Waals surface area contributed by atoms with Gasteiger partial charge in [0.15, 0.2) is 0 Å². The quantitative estimate of drug-likeness (QED) is 0.726. The average Bonchev–Trinajstić information content (AvgIpc) is 2.92. The van der Waals surface area contributed by atoms with E-state index >= 15 is 0 Å². The van der Waals surface area contributed by atoms with Gasteiger partial charge in [0.25, 0.3) is 5.89 Å². The van der Waals surface area contributed by atoms with Crippen molar-refractivity contribution in [2.24, 2.45) is 0 Å². The zero-order valence-electron chi connectivity index (χ0n) is 10.5. The number of benzene rings is 1. The molecule has 0 amide bonds. The minimum atomic E-state index is 0.333. The molecule has 0 fully saturated rings. The van der Waals surface area contributed by atoms with Gasteiger partial charge >= 0.3 is 0 Å². The van der Waals surface area contributed by atoms with Crippen LogP contribution in [0.25, 0.3) is 23.1 Å². The predicted octanol–water partition coefficient (Wildman–Crippen LogP) is 2.85. The van der Waals surface area contributed by atoms with Crippen LogP contribution in [0, 0.1) is 6.92 Å². The van der Waals surface area contributed by atoms with Gasteiger partial charge < -0.3 is 10.3 Å². The third kappa shape index (κ3) is 2.39. The Balaban J connectivity index is 2.01. The van der Waals surface area contributed by atoms with Crippen LogP contribution >= 0.6 is 15.9 Å². The molecule has 7 heteroatoms. The standard InChI is InChI=1S/C13H10BrN5O/c1-7-5-16-11(17-6-7)12-18-13(20-19-12)9-4-8(14)2-3-10(9)15/h2-6H,15H2,1H3. The number of nitrogens with two attached hydrogens (primary N) is 1. The Morgan fingerprint density at radius 1 is 1.15 bits per heavy atom. The molecule has 0 radical (unpaired) electrons. The molecule has 0 aliphatic heterocycles. The molecule has 0 saturated carbocycles. The zero-order chi connectivity index (χ0) is 14.1. The lowest BCUT2D eigenvalue weighted by atomic mass is 10.2. The Morgan fingerprint density at radius 2 is 1.90 bits per heavy atom. The van der Waals surface area contributed by atoms with Gasteiger partial charge in [0.1, 0.15) is 0 Å². The molecular weight excluding hydrogens is 322 g/mol. The maximum atomic E-state index is 5.91. The van der Waals surface area contributed by atoms with Gasteiger partial charge in [-0.2, -0.15) is 4.98 Å². The van der Waals surface area contributed by atoms with Crippen LogP contribution in [0.2, 0.25) is 0 Å². The molecule has 0 spiro atoms. The van der Waals surface area contributed by atoms with Crippen molar-refractivity contribution in [2.45, 2.75) is 6.92 Å². The molecule has 2 aromatic heterocycles. The van der Waals surface area contributed by atoms with E-state index in [1.54, 1.807) is 18.5 Å². The second-order valence-corrected chi connectivity index (χ2v) is 5.15. The lowest BCUT2D eigenvalue weighted by Crippen LogP contribution is -1.92. The largest absolute Gasteiger partial charge is 0.398 e. The van der Waals surface area contributed by atoms with Crippen molar-refractivity contribution in [3.05, 3.63) is 40.6 Å². The second-order valence-electron chi connectivity index (χ2n) is 4.24. The van der Waals surface area contributed by atoms with E-state index in [9.17, 15) is 0 Å². The lowest BCUT2D eigenvalue weighted by Gasteiger charge is -2.00. The maximum Gasteiger partial charge on any atom is 0.260 e. The van der Waals surface area contributed by atoms with E-state index < -0.39 is 0 Å². The van der Waals surface area contributed by atoms with E-state index in [0.717, 1.165) is 10.0 Å². The maximum absolute atomic E-state index is 5.91. The first kappa shape index (κ1) is 12.7. The Hall–Kier alpha value is -2.28. The van der Waals surface area contributed by atoms with Gasteiger partial charge in [-0.25, -0.2) is 9.97 Å². The number of aromatic nitrogens is 4. The van der Waals surface area contributed by atoms with Crippen LogP contribution in [0.5, 0.6) is 0 Å². The normalized spacial score (nSPS) is 10.7. The monoisotopic (exact) mass is 331 g/mol. The molecule has 2 N–H and O–H groups in total. The molecule has 0 unspecified atom stereocenters. The minimum Gasteiger partial charge on any atom is -0.398 e. The Bertz CT molecular complexity index is 754. The van der Waals surface area contributed by atoms with Crippen molar-refractivity contribution in [2.75, 3.05) is 5.73 Å². The molecule has 0 aliphatic rings. The summed E-state index contributed by atoms with van der Waals surface area (Å²) < 4.78 is 6.11. The summed E-state index contributed by atoms with van der Waals surface area (Å²) in [5.74, 6) is 1.08. The molecule has 20 heavy (non-hydrogen) atoms. The molecule has 0 bridgehead atoms. The summed E-state index contributed by atoms with van der Waals surface area (Å²) in [7, 11) is 0. The molecule has 3 aromatic rings. The molecule has 100 valence electrons. The van der Waals surface area contributed by atoms with Gasteiger partial charge in [0.2, 0.25) is 11.6 Å². The van der Waals surface area contributed by atoms with Gasteiger partial charge in [-0.05, 0) is 30.7 Å².